The Morgan fingerprint density at radius 3 is 0.903 bits per heavy atom. The van der Waals surface area contributed by atoms with Gasteiger partial charge in [-0.3, -0.25) is 0 Å². The topological polar surface area (TPSA) is 0 Å². The molecule has 31 heavy (non-hydrogen) atoms. The van der Waals surface area contributed by atoms with Gasteiger partial charge in [-0.1, -0.05) is 98.7 Å². The van der Waals surface area contributed by atoms with Gasteiger partial charge in [0.2, 0.25) is 0 Å². The molecule has 0 aromatic heterocycles. The Hall–Kier alpha value is -1.99. The van der Waals surface area contributed by atoms with Gasteiger partial charge in [0.05, 0.1) is 10.9 Å². The molecule has 0 fully saturated rings. The van der Waals surface area contributed by atoms with Crippen LogP contribution in [0.25, 0.3) is 0 Å². The summed E-state index contributed by atoms with van der Waals surface area (Å²) < 4.78 is 0. The molecule has 0 saturated heterocycles. The SMILES string of the molecule is CC(C)(C)c1cccc([S+](c2cccc(C(C)(C)C)c2)c2cccc(C(C)(C)C)c2)c1. The lowest BCUT2D eigenvalue weighted by atomic mass is 9.87. The summed E-state index contributed by atoms with van der Waals surface area (Å²) in [6.45, 7) is 20.7. The second-order valence-corrected chi connectivity index (χ2v) is 13.7. The van der Waals surface area contributed by atoms with Crippen molar-refractivity contribution in [2.45, 2.75) is 93.2 Å². The molecule has 0 aliphatic rings. The number of rotatable bonds is 3. The monoisotopic (exact) mass is 431 g/mol. The van der Waals surface area contributed by atoms with Gasteiger partial charge >= 0.3 is 0 Å². The number of hydrogen-bond donors (Lipinski definition) is 0. The van der Waals surface area contributed by atoms with E-state index in [1.54, 1.807) is 0 Å². The van der Waals surface area contributed by atoms with Crippen LogP contribution in [0.15, 0.2) is 87.5 Å². The van der Waals surface area contributed by atoms with Gasteiger partial charge in [0, 0.05) is 0 Å². The molecule has 164 valence electrons. The van der Waals surface area contributed by atoms with E-state index in [0.717, 1.165) is 0 Å². The lowest BCUT2D eigenvalue weighted by Gasteiger charge is -2.22. The Morgan fingerprint density at radius 2 is 0.677 bits per heavy atom. The third-order valence-corrected chi connectivity index (χ3v) is 7.98. The molecule has 3 aromatic carbocycles. The highest BCUT2D eigenvalue weighted by atomic mass is 32.2. The van der Waals surface area contributed by atoms with E-state index in [9.17, 15) is 0 Å². The van der Waals surface area contributed by atoms with Crippen LogP contribution in [0.1, 0.15) is 79.0 Å². The average Bonchev–Trinajstić information content (AvgIpc) is 2.67. The first-order valence-electron chi connectivity index (χ1n) is 11.3. The molecular weight excluding hydrogens is 392 g/mol. The van der Waals surface area contributed by atoms with Crippen molar-refractivity contribution in [3.05, 3.63) is 89.5 Å². The van der Waals surface area contributed by atoms with Crippen molar-refractivity contribution >= 4 is 10.9 Å². The van der Waals surface area contributed by atoms with E-state index in [2.05, 4.69) is 135 Å². The zero-order valence-electron chi connectivity index (χ0n) is 20.8. The zero-order valence-corrected chi connectivity index (χ0v) is 21.7. The van der Waals surface area contributed by atoms with Crippen LogP contribution >= 0.6 is 0 Å². The molecule has 0 radical (unpaired) electrons. The minimum absolute atomic E-state index is 0.131. The van der Waals surface area contributed by atoms with Crippen LogP contribution in [0.4, 0.5) is 0 Å². The molecule has 0 unspecified atom stereocenters. The molecule has 0 bridgehead atoms. The third kappa shape index (κ3) is 5.63. The third-order valence-electron chi connectivity index (χ3n) is 5.81. The fraction of sp³-hybridized carbons (Fsp3) is 0.400. The number of benzene rings is 3. The van der Waals surface area contributed by atoms with Gasteiger partial charge in [0.15, 0.2) is 14.7 Å². The van der Waals surface area contributed by atoms with E-state index in [1.807, 2.05) is 0 Å². The standard InChI is InChI=1S/C30H39S/c1-28(2,3)22-13-10-16-25(19-22)31(26-17-11-14-23(20-26)29(4,5)6)27-18-12-15-24(21-27)30(7,8)9/h10-21H,1-9H3/q+1. The van der Waals surface area contributed by atoms with Gasteiger partial charge < -0.3 is 0 Å². The minimum atomic E-state index is -0.150. The molecule has 3 rings (SSSR count). The van der Waals surface area contributed by atoms with Crippen LogP contribution in [-0.2, 0) is 27.1 Å². The Bertz CT molecular complexity index is 902. The largest absolute Gasteiger partial charge is 0.166 e. The Kier molecular flexibility index (Phi) is 6.50. The molecule has 0 aliphatic heterocycles. The van der Waals surface area contributed by atoms with Crippen LogP contribution in [-0.4, -0.2) is 0 Å². The van der Waals surface area contributed by atoms with Crippen molar-refractivity contribution < 1.29 is 0 Å². The maximum Gasteiger partial charge on any atom is 0.166 e. The van der Waals surface area contributed by atoms with E-state index in [0.29, 0.717) is 0 Å². The average molecular weight is 432 g/mol. The van der Waals surface area contributed by atoms with E-state index in [4.69, 9.17) is 0 Å². The smallest absolute Gasteiger partial charge is 0.0581 e. The van der Waals surface area contributed by atoms with Gasteiger partial charge in [-0.05, 0) is 69.3 Å². The minimum Gasteiger partial charge on any atom is -0.0581 e. The van der Waals surface area contributed by atoms with Crippen LogP contribution < -0.4 is 0 Å². The predicted octanol–water partition coefficient (Wildman–Crippen LogP) is 8.67. The highest BCUT2D eigenvalue weighted by Crippen LogP contribution is 2.37. The molecular formula is C30H39S+. The van der Waals surface area contributed by atoms with Gasteiger partial charge in [-0.15, -0.1) is 0 Å². The van der Waals surface area contributed by atoms with Crippen molar-refractivity contribution in [3.8, 4) is 0 Å². The molecule has 0 heterocycles. The van der Waals surface area contributed by atoms with Gasteiger partial charge in [0.1, 0.15) is 0 Å². The fourth-order valence-corrected chi connectivity index (χ4v) is 5.87. The van der Waals surface area contributed by atoms with Crippen LogP contribution in [0.2, 0.25) is 0 Å². The lowest BCUT2D eigenvalue weighted by Crippen LogP contribution is -2.15. The maximum atomic E-state index is 2.43. The zero-order chi connectivity index (χ0) is 23.0. The van der Waals surface area contributed by atoms with Crippen molar-refractivity contribution in [2.24, 2.45) is 0 Å². The van der Waals surface area contributed by atoms with Crippen molar-refractivity contribution in [2.75, 3.05) is 0 Å². The van der Waals surface area contributed by atoms with Crippen molar-refractivity contribution in [1.82, 2.24) is 0 Å². The highest BCUT2D eigenvalue weighted by molar-refractivity contribution is 7.97. The maximum absolute atomic E-state index is 2.43. The van der Waals surface area contributed by atoms with E-state index in [1.165, 1.54) is 31.4 Å². The first kappa shape index (κ1) is 23.7. The van der Waals surface area contributed by atoms with Gasteiger partial charge in [0.25, 0.3) is 0 Å². The van der Waals surface area contributed by atoms with E-state index >= 15 is 0 Å². The molecule has 1 heteroatoms. The van der Waals surface area contributed by atoms with Crippen molar-refractivity contribution in [1.29, 1.82) is 0 Å². The summed E-state index contributed by atoms with van der Waals surface area (Å²) in [7, 11) is -0.150. The summed E-state index contributed by atoms with van der Waals surface area (Å²) in [6.07, 6.45) is 0. The predicted molar refractivity (Wildman–Crippen MR) is 138 cm³/mol. The summed E-state index contributed by atoms with van der Waals surface area (Å²) in [6, 6.07) is 27.7. The quantitative estimate of drug-likeness (QED) is 0.364. The molecule has 0 aliphatic carbocycles. The lowest BCUT2D eigenvalue weighted by molar-refractivity contribution is 0.588. The summed E-state index contributed by atoms with van der Waals surface area (Å²) >= 11 is 0. The number of hydrogen-bond acceptors (Lipinski definition) is 0. The molecule has 0 nitrogen and oxygen atoms in total. The van der Waals surface area contributed by atoms with E-state index in [-0.39, 0.29) is 27.1 Å². The first-order chi connectivity index (χ1) is 14.3. The molecule has 0 spiro atoms. The van der Waals surface area contributed by atoms with Crippen LogP contribution in [0.5, 0.6) is 0 Å². The van der Waals surface area contributed by atoms with E-state index < -0.39 is 0 Å². The first-order valence-corrected chi connectivity index (χ1v) is 12.6. The summed E-state index contributed by atoms with van der Waals surface area (Å²) in [4.78, 5) is 4.18. The Morgan fingerprint density at radius 1 is 0.419 bits per heavy atom. The molecule has 0 N–H and O–H groups in total. The van der Waals surface area contributed by atoms with Gasteiger partial charge in [-0.25, -0.2) is 0 Å². The molecule has 3 aromatic rings. The molecule has 0 atom stereocenters. The summed E-state index contributed by atoms with van der Waals surface area (Å²) in [5, 5.41) is 0. The fourth-order valence-electron chi connectivity index (χ4n) is 3.68. The molecule has 0 amide bonds. The van der Waals surface area contributed by atoms with Gasteiger partial charge in [-0.2, -0.15) is 0 Å². The Balaban J connectivity index is 2.24. The second-order valence-electron chi connectivity index (χ2n) is 11.6. The Labute approximate surface area is 193 Å². The molecule has 0 saturated carbocycles. The normalized spacial score (nSPS) is 13.0. The van der Waals surface area contributed by atoms with Crippen molar-refractivity contribution in [3.63, 3.8) is 0 Å². The second kappa shape index (κ2) is 8.51. The summed E-state index contributed by atoms with van der Waals surface area (Å²) in [5.74, 6) is 0. The van der Waals surface area contributed by atoms with Crippen LogP contribution in [0.3, 0.4) is 0 Å². The summed E-state index contributed by atoms with van der Waals surface area (Å²) in [5.41, 5.74) is 4.56. The highest BCUT2D eigenvalue weighted by Gasteiger charge is 2.32. The van der Waals surface area contributed by atoms with Crippen LogP contribution in [0, 0.1) is 0 Å².